The summed E-state index contributed by atoms with van der Waals surface area (Å²) in [6.45, 7) is 9.05. The van der Waals surface area contributed by atoms with Crippen molar-refractivity contribution >= 4 is 17.5 Å². The van der Waals surface area contributed by atoms with Gasteiger partial charge in [0, 0.05) is 31.1 Å². The Morgan fingerprint density at radius 2 is 1.92 bits per heavy atom. The van der Waals surface area contributed by atoms with Crippen LogP contribution in [0.15, 0.2) is 18.2 Å². The lowest BCUT2D eigenvalue weighted by Crippen LogP contribution is -2.35. The molecular formula is C20H30N2O2. The fourth-order valence-corrected chi connectivity index (χ4v) is 3.16. The van der Waals surface area contributed by atoms with E-state index in [2.05, 4.69) is 37.4 Å². The summed E-state index contributed by atoms with van der Waals surface area (Å²) in [5.74, 6) is 0.657. The molecule has 1 heterocycles. The summed E-state index contributed by atoms with van der Waals surface area (Å²) in [7, 11) is 0. The monoisotopic (exact) mass is 330 g/mol. The molecule has 24 heavy (non-hydrogen) atoms. The maximum Gasteiger partial charge on any atom is 0.226 e. The average Bonchev–Trinajstić information content (AvgIpc) is 2.52. The van der Waals surface area contributed by atoms with E-state index in [-0.39, 0.29) is 17.9 Å². The number of carbonyl (C=O) groups excluding carboxylic acids is 2. The third-order valence-corrected chi connectivity index (χ3v) is 4.43. The van der Waals surface area contributed by atoms with Gasteiger partial charge in [0.05, 0.1) is 0 Å². The van der Waals surface area contributed by atoms with Gasteiger partial charge in [0.15, 0.2) is 0 Å². The minimum Gasteiger partial charge on any atom is -0.354 e. The van der Waals surface area contributed by atoms with Crippen molar-refractivity contribution in [1.82, 2.24) is 5.32 Å². The van der Waals surface area contributed by atoms with Crippen LogP contribution in [0.4, 0.5) is 5.69 Å². The van der Waals surface area contributed by atoms with E-state index in [1.807, 2.05) is 18.7 Å². The van der Waals surface area contributed by atoms with Gasteiger partial charge < -0.3 is 10.2 Å². The lowest BCUT2D eigenvalue weighted by Gasteiger charge is -2.30. The zero-order valence-electron chi connectivity index (χ0n) is 15.4. The number of benzene rings is 1. The number of anilines is 1. The summed E-state index contributed by atoms with van der Waals surface area (Å²) in [6, 6.07) is 6.62. The van der Waals surface area contributed by atoms with E-state index in [0.29, 0.717) is 25.2 Å². The second-order valence-corrected chi connectivity index (χ2v) is 7.27. The van der Waals surface area contributed by atoms with E-state index >= 15 is 0 Å². The first-order chi connectivity index (χ1) is 11.4. The summed E-state index contributed by atoms with van der Waals surface area (Å²) in [4.78, 5) is 26.2. The zero-order chi connectivity index (χ0) is 17.7. The molecule has 1 aliphatic rings. The molecule has 4 heteroatoms. The number of hydrogen-bond donors (Lipinski definition) is 1. The fraction of sp³-hybridized carbons (Fsp3) is 0.600. The van der Waals surface area contributed by atoms with E-state index in [1.165, 1.54) is 11.1 Å². The van der Waals surface area contributed by atoms with Crippen LogP contribution in [0, 0.1) is 0 Å². The molecule has 1 aromatic rings. The lowest BCUT2D eigenvalue weighted by atomic mass is 9.94. The SMILES string of the molecule is CC(C)NC(=O)CCCC(=O)N1CCCc2cc(C(C)C)ccc21. The third-order valence-electron chi connectivity index (χ3n) is 4.43. The van der Waals surface area contributed by atoms with Crippen LogP contribution >= 0.6 is 0 Å². The Hall–Kier alpha value is -1.84. The molecule has 0 bridgehead atoms. The maximum absolute atomic E-state index is 12.6. The highest BCUT2D eigenvalue weighted by atomic mass is 16.2. The van der Waals surface area contributed by atoms with Crippen LogP contribution in [0.2, 0.25) is 0 Å². The Labute approximate surface area is 145 Å². The number of amides is 2. The van der Waals surface area contributed by atoms with Gasteiger partial charge in [-0.3, -0.25) is 9.59 Å². The van der Waals surface area contributed by atoms with Gasteiger partial charge in [-0.1, -0.05) is 26.0 Å². The molecule has 1 aromatic carbocycles. The predicted octanol–water partition coefficient (Wildman–Crippen LogP) is 3.78. The minimum absolute atomic E-state index is 0.0263. The molecule has 0 radical (unpaired) electrons. The van der Waals surface area contributed by atoms with Gasteiger partial charge in [-0.25, -0.2) is 0 Å². The maximum atomic E-state index is 12.6. The molecule has 132 valence electrons. The first-order valence-corrected chi connectivity index (χ1v) is 9.11. The van der Waals surface area contributed by atoms with Crippen LogP contribution in [0.3, 0.4) is 0 Å². The smallest absolute Gasteiger partial charge is 0.226 e. The standard InChI is InChI=1S/C20H30N2O2/c1-14(2)16-10-11-18-17(13-16)7-6-12-22(18)20(24)9-5-8-19(23)21-15(3)4/h10-11,13-15H,5-9,12H2,1-4H3,(H,21,23). The van der Waals surface area contributed by atoms with Crippen molar-refractivity contribution in [2.24, 2.45) is 0 Å². The van der Waals surface area contributed by atoms with Gasteiger partial charge in [0.1, 0.15) is 0 Å². The first kappa shape index (κ1) is 18.5. The summed E-state index contributed by atoms with van der Waals surface area (Å²) >= 11 is 0. The number of fused-ring (bicyclic) bond motifs is 1. The summed E-state index contributed by atoms with van der Waals surface area (Å²) < 4.78 is 0. The lowest BCUT2D eigenvalue weighted by molar-refractivity contribution is -0.122. The summed E-state index contributed by atoms with van der Waals surface area (Å²) in [5, 5.41) is 2.86. The molecule has 1 N–H and O–H groups in total. The van der Waals surface area contributed by atoms with Crippen molar-refractivity contribution in [2.75, 3.05) is 11.4 Å². The van der Waals surface area contributed by atoms with Crippen LogP contribution < -0.4 is 10.2 Å². The molecule has 0 unspecified atom stereocenters. The van der Waals surface area contributed by atoms with Crippen LogP contribution in [0.1, 0.15) is 70.4 Å². The molecule has 2 rings (SSSR count). The van der Waals surface area contributed by atoms with E-state index in [9.17, 15) is 9.59 Å². The summed E-state index contributed by atoms with van der Waals surface area (Å²) in [5.41, 5.74) is 3.66. The van der Waals surface area contributed by atoms with Crippen molar-refractivity contribution in [3.8, 4) is 0 Å². The second kappa shape index (κ2) is 8.32. The first-order valence-electron chi connectivity index (χ1n) is 9.11. The molecule has 0 aliphatic carbocycles. The van der Waals surface area contributed by atoms with Gasteiger partial charge in [-0.15, -0.1) is 0 Å². The van der Waals surface area contributed by atoms with E-state index < -0.39 is 0 Å². The van der Waals surface area contributed by atoms with Crippen molar-refractivity contribution in [2.45, 2.75) is 71.8 Å². The van der Waals surface area contributed by atoms with Gasteiger partial charge in [0.25, 0.3) is 0 Å². The van der Waals surface area contributed by atoms with E-state index in [0.717, 1.165) is 25.1 Å². The normalized spacial score (nSPS) is 14.0. The Kier molecular flexibility index (Phi) is 6.41. The van der Waals surface area contributed by atoms with Crippen molar-refractivity contribution in [3.63, 3.8) is 0 Å². The van der Waals surface area contributed by atoms with Crippen molar-refractivity contribution in [3.05, 3.63) is 29.3 Å². The number of aryl methyl sites for hydroxylation is 1. The molecule has 0 aromatic heterocycles. The second-order valence-electron chi connectivity index (χ2n) is 7.27. The molecule has 0 atom stereocenters. The largest absolute Gasteiger partial charge is 0.354 e. The van der Waals surface area contributed by atoms with E-state index in [1.54, 1.807) is 0 Å². The quantitative estimate of drug-likeness (QED) is 0.863. The molecule has 0 saturated heterocycles. The number of nitrogens with one attached hydrogen (secondary N) is 1. The zero-order valence-corrected chi connectivity index (χ0v) is 15.4. The molecule has 0 saturated carbocycles. The van der Waals surface area contributed by atoms with Crippen LogP contribution in [-0.4, -0.2) is 24.4 Å². The molecule has 0 spiro atoms. The number of rotatable bonds is 6. The van der Waals surface area contributed by atoms with Crippen LogP contribution in [0.25, 0.3) is 0 Å². The molecule has 0 fully saturated rings. The Morgan fingerprint density at radius 1 is 1.17 bits per heavy atom. The summed E-state index contributed by atoms with van der Waals surface area (Å²) in [6.07, 6.45) is 3.49. The minimum atomic E-state index is 0.0263. The van der Waals surface area contributed by atoms with Gasteiger partial charge in [-0.05, 0) is 56.2 Å². The van der Waals surface area contributed by atoms with Crippen molar-refractivity contribution < 1.29 is 9.59 Å². The Bertz CT molecular complexity index is 593. The Balaban J connectivity index is 1.96. The number of nitrogens with zero attached hydrogens (tertiary/aromatic N) is 1. The van der Waals surface area contributed by atoms with Crippen molar-refractivity contribution in [1.29, 1.82) is 0 Å². The van der Waals surface area contributed by atoms with E-state index in [4.69, 9.17) is 0 Å². The molecule has 2 amide bonds. The fourth-order valence-electron chi connectivity index (χ4n) is 3.16. The molecule has 4 nitrogen and oxygen atoms in total. The van der Waals surface area contributed by atoms with Gasteiger partial charge in [0.2, 0.25) is 11.8 Å². The third kappa shape index (κ3) is 4.83. The highest BCUT2D eigenvalue weighted by molar-refractivity contribution is 5.94. The van der Waals surface area contributed by atoms with Gasteiger partial charge >= 0.3 is 0 Å². The molecule has 1 aliphatic heterocycles. The highest BCUT2D eigenvalue weighted by Crippen LogP contribution is 2.30. The van der Waals surface area contributed by atoms with Gasteiger partial charge in [-0.2, -0.15) is 0 Å². The predicted molar refractivity (Wildman–Crippen MR) is 98.3 cm³/mol. The average molecular weight is 330 g/mol. The van der Waals surface area contributed by atoms with Crippen LogP contribution in [0.5, 0.6) is 0 Å². The Morgan fingerprint density at radius 3 is 2.58 bits per heavy atom. The highest BCUT2D eigenvalue weighted by Gasteiger charge is 2.22. The number of hydrogen-bond acceptors (Lipinski definition) is 2. The van der Waals surface area contributed by atoms with Crippen LogP contribution in [-0.2, 0) is 16.0 Å². The molecular weight excluding hydrogens is 300 g/mol. The topological polar surface area (TPSA) is 49.4 Å². The number of carbonyl (C=O) groups is 2.